The summed E-state index contributed by atoms with van der Waals surface area (Å²) >= 11 is 0. The molecular weight excluding hydrogens is 501 g/mol. The number of benzene rings is 2. The average Bonchev–Trinajstić information content (AvgIpc) is 3.48. The molecule has 0 radical (unpaired) electrons. The van der Waals surface area contributed by atoms with E-state index in [1.165, 1.54) is 6.20 Å². The third-order valence-corrected chi connectivity index (χ3v) is 7.90. The Hall–Kier alpha value is -4.29. The first-order valence-electron chi connectivity index (χ1n) is 13.0. The van der Waals surface area contributed by atoms with E-state index in [-0.39, 0.29) is 37.3 Å². The van der Waals surface area contributed by atoms with Crippen LogP contribution in [0.4, 0.5) is 4.39 Å². The van der Waals surface area contributed by atoms with Crippen LogP contribution in [0.15, 0.2) is 48.4 Å². The van der Waals surface area contributed by atoms with Gasteiger partial charge in [0.05, 0.1) is 37.5 Å². The Labute approximate surface area is 223 Å². The molecule has 202 valence electrons. The topological polar surface area (TPSA) is 137 Å². The highest BCUT2D eigenvalue weighted by atomic mass is 19.1. The van der Waals surface area contributed by atoms with E-state index < -0.39 is 0 Å². The first-order chi connectivity index (χ1) is 18.8. The van der Waals surface area contributed by atoms with E-state index in [9.17, 15) is 9.59 Å². The number of aldehydes is 1. The summed E-state index contributed by atoms with van der Waals surface area (Å²) in [5.74, 6) is 5.21. The first kappa shape index (κ1) is 25.0. The molecule has 3 aliphatic heterocycles. The van der Waals surface area contributed by atoms with Gasteiger partial charge in [0.25, 0.3) is 0 Å². The molecule has 1 saturated heterocycles. The summed E-state index contributed by atoms with van der Waals surface area (Å²) < 4.78 is 17.9. The van der Waals surface area contributed by atoms with Gasteiger partial charge in [-0.15, -0.1) is 9.89 Å². The van der Waals surface area contributed by atoms with Gasteiger partial charge in [-0.05, 0) is 23.8 Å². The molecule has 5 N–H and O–H groups in total. The first-order valence-corrected chi connectivity index (χ1v) is 13.0. The number of fused-ring (bicyclic) bond motifs is 2. The van der Waals surface area contributed by atoms with Gasteiger partial charge >= 0.3 is 0 Å². The minimum absolute atomic E-state index is 0.00585. The standard InChI is InChI=1S/C27H30FN9O2/c1-37-8-5-17(6-9-37)27-26-20(21-12-24-18(11-22(21)28)13-32-36(24)37)3-2-4-23(26)35(33-27)16-25(39)31-14-19(29)15-34(30)7-10-38/h2-4,10-13,15,17H,5-9,14,16,29-30H2,1H3/p+1/b19-15-. The summed E-state index contributed by atoms with van der Waals surface area (Å²) in [6.07, 6.45) is 5.58. The zero-order valence-corrected chi connectivity index (χ0v) is 21.7. The summed E-state index contributed by atoms with van der Waals surface area (Å²) in [4.78, 5) is 25.5. The maximum Gasteiger partial charge on any atom is 0.242 e. The van der Waals surface area contributed by atoms with Gasteiger partial charge in [-0.3, -0.25) is 9.48 Å². The van der Waals surface area contributed by atoms with Crippen molar-refractivity contribution in [2.24, 2.45) is 11.6 Å². The van der Waals surface area contributed by atoms with E-state index in [0.717, 1.165) is 64.0 Å². The Morgan fingerprint density at radius 2 is 2.05 bits per heavy atom. The maximum atomic E-state index is 15.6. The van der Waals surface area contributed by atoms with Gasteiger partial charge in [-0.2, -0.15) is 5.10 Å². The number of quaternary nitrogens is 1. The van der Waals surface area contributed by atoms with Crippen molar-refractivity contribution in [3.05, 3.63) is 59.9 Å². The molecule has 0 unspecified atom stereocenters. The van der Waals surface area contributed by atoms with Crippen LogP contribution in [0.2, 0.25) is 0 Å². The quantitative estimate of drug-likeness (QED) is 0.142. The van der Waals surface area contributed by atoms with Crippen molar-refractivity contribution in [3.63, 3.8) is 0 Å². The lowest BCUT2D eigenvalue weighted by Gasteiger charge is -2.38. The normalized spacial score (nSPS) is 20.4. The van der Waals surface area contributed by atoms with E-state index in [2.05, 4.69) is 17.5 Å². The molecule has 12 heteroatoms. The predicted octanol–water partition coefficient (Wildman–Crippen LogP) is 1.44. The molecule has 1 fully saturated rings. The van der Waals surface area contributed by atoms with Crippen molar-refractivity contribution in [2.45, 2.75) is 25.3 Å². The number of aromatic nitrogens is 4. The van der Waals surface area contributed by atoms with Crippen LogP contribution in [0.5, 0.6) is 0 Å². The zero-order valence-electron chi connectivity index (χ0n) is 21.7. The molecule has 2 aromatic carbocycles. The molecular formula is C27H31FN9O2+. The second-order valence-electron chi connectivity index (χ2n) is 10.6. The number of nitrogens with two attached hydrogens (primary N) is 2. The summed E-state index contributed by atoms with van der Waals surface area (Å²) in [5.41, 5.74) is 10.1. The van der Waals surface area contributed by atoms with Crippen LogP contribution in [0, 0.1) is 5.82 Å². The fourth-order valence-electron chi connectivity index (χ4n) is 5.89. The summed E-state index contributed by atoms with van der Waals surface area (Å²) in [7, 11) is 2.16. The molecule has 0 aliphatic carbocycles. The van der Waals surface area contributed by atoms with Crippen LogP contribution in [0.1, 0.15) is 24.5 Å². The highest BCUT2D eigenvalue weighted by Gasteiger charge is 2.38. The lowest BCUT2D eigenvalue weighted by Crippen LogP contribution is -2.59. The highest BCUT2D eigenvalue weighted by molar-refractivity contribution is 6.00. The molecule has 0 atom stereocenters. The third-order valence-electron chi connectivity index (χ3n) is 7.90. The number of hydrazine groups is 1. The van der Waals surface area contributed by atoms with Crippen LogP contribution >= 0.6 is 0 Å². The molecule has 1 amide bonds. The molecule has 5 heterocycles. The minimum Gasteiger partial charge on any atom is -0.399 e. The van der Waals surface area contributed by atoms with Crippen molar-refractivity contribution in [1.29, 1.82) is 0 Å². The lowest BCUT2D eigenvalue weighted by atomic mass is 9.89. The zero-order chi connectivity index (χ0) is 27.3. The number of piperidine rings is 1. The highest BCUT2D eigenvalue weighted by Crippen LogP contribution is 2.41. The number of carbonyl (C=O) groups is 2. The van der Waals surface area contributed by atoms with Crippen molar-refractivity contribution in [3.8, 4) is 11.1 Å². The number of nitrogens with one attached hydrogen (secondary N) is 1. The van der Waals surface area contributed by atoms with E-state index in [1.54, 1.807) is 16.9 Å². The number of carbonyl (C=O) groups excluding carboxylic acids is 2. The molecule has 3 aliphatic rings. The number of amides is 1. The second-order valence-corrected chi connectivity index (χ2v) is 10.6. The fraction of sp³-hybridized carbons (Fsp3) is 0.333. The minimum atomic E-state index is -0.318. The SMILES string of the molecule is C[N+]12CCC(CC1)c1nn(CC(=O)NC/C(N)=C/N(N)CC=O)c3cccc(c13)-c1cc3c(cnn32)cc1F. The fourth-order valence-corrected chi connectivity index (χ4v) is 5.89. The van der Waals surface area contributed by atoms with Crippen LogP contribution in [-0.4, -0.2) is 70.1 Å². The van der Waals surface area contributed by atoms with Gasteiger partial charge < -0.3 is 20.9 Å². The average molecular weight is 533 g/mol. The maximum absolute atomic E-state index is 15.6. The van der Waals surface area contributed by atoms with Crippen LogP contribution in [-0.2, 0) is 16.1 Å². The Bertz CT molecular complexity index is 1630. The van der Waals surface area contributed by atoms with Gasteiger partial charge in [0, 0.05) is 47.0 Å². The lowest BCUT2D eigenvalue weighted by molar-refractivity contribution is -0.121. The Kier molecular flexibility index (Phi) is 6.07. The van der Waals surface area contributed by atoms with Gasteiger partial charge in [0.1, 0.15) is 37.3 Å². The summed E-state index contributed by atoms with van der Waals surface area (Å²) in [6, 6.07) is 9.16. The summed E-state index contributed by atoms with van der Waals surface area (Å²) in [5, 5.41) is 15.2. The molecule has 4 bridgehead atoms. The van der Waals surface area contributed by atoms with Gasteiger partial charge in [0.2, 0.25) is 5.91 Å². The van der Waals surface area contributed by atoms with E-state index in [0.29, 0.717) is 22.1 Å². The third kappa shape index (κ3) is 4.31. The largest absolute Gasteiger partial charge is 0.399 e. The molecule has 4 aromatic rings. The van der Waals surface area contributed by atoms with Crippen LogP contribution in [0.3, 0.4) is 0 Å². The van der Waals surface area contributed by atoms with Gasteiger partial charge in [-0.1, -0.05) is 12.1 Å². The van der Waals surface area contributed by atoms with Crippen molar-refractivity contribution >= 4 is 34.0 Å². The molecule has 7 rings (SSSR count). The van der Waals surface area contributed by atoms with Crippen LogP contribution < -0.4 is 21.5 Å². The van der Waals surface area contributed by atoms with Crippen molar-refractivity contribution < 1.29 is 14.0 Å². The van der Waals surface area contributed by atoms with Gasteiger partial charge in [0.15, 0.2) is 0 Å². The van der Waals surface area contributed by atoms with E-state index >= 15 is 4.39 Å². The Morgan fingerprint density at radius 1 is 1.26 bits per heavy atom. The summed E-state index contributed by atoms with van der Waals surface area (Å²) in [6.45, 7) is 1.76. The van der Waals surface area contributed by atoms with Gasteiger partial charge in [-0.25, -0.2) is 14.8 Å². The Morgan fingerprint density at radius 3 is 2.82 bits per heavy atom. The number of rotatable bonds is 7. The molecule has 39 heavy (non-hydrogen) atoms. The number of halogens is 1. The molecule has 0 saturated carbocycles. The smallest absolute Gasteiger partial charge is 0.242 e. The van der Waals surface area contributed by atoms with E-state index in [1.807, 2.05) is 29.1 Å². The molecule has 11 nitrogen and oxygen atoms in total. The predicted molar refractivity (Wildman–Crippen MR) is 146 cm³/mol. The van der Waals surface area contributed by atoms with Crippen LogP contribution in [0.25, 0.3) is 32.9 Å². The Balaban J connectivity index is 1.41. The van der Waals surface area contributed by atoms with E-state index in [4.69, 9.17) is 16.7 Å². The monoisotopic (exact) mass is 532 g/mol. The second kappa shape index (κ2) is 9.47. The number of hydrogen-bond donors (Lipinski definition) is 3. The molecule has 2 aromatic heterocycles. The number of hydrogen-bond acceptors (Lipinski definition) is 7. The van der Waals surface area contributed by atoms with Crippen molar-refractivity contribution in [1.82, 2.24) is 34.6 Å². The number of nitrogens with zero attached hydrogens (tertiary/aromatic N) is 6. The molecule has 0 spiro atoms. The van der Waals surface area contributed by atoms with Crippen molar-refractivity contribution in [2.75, 3.05) is 33.2 Å².